The van der Waals surface area contributed by atoms with Gasteiger partial charge in [-0.2, -0.15) is 5.10 Å². The Hall–Kier alpha value is -2.82. The lowest BCUT2D eigenvalue weighted by molar-refractivity contribution is 0.0358. The molecule has 0 saturated carbocycles. The van der Waals surface area contributed by atoms with Gasteiger partial charge in [-0.25, -0.2) is 9.48 Å². The quantitative estimate of drug-likeness (QED) is 0.690. The maximum Gasteiger partial charge on any atom is 0.340 e. The first-order valence-corrected chi connectivity index (χ1v) is 6.49. The minimum absolute atomic E-state index is 0.0730. The van der Waals surface area contributed by atoms with Gasteiger partial charge in [-0.3, -0.25) is 0 Å². The van der Waals surface area contributed by atoms with Gasteiger partial charge < -0.3 is 9.47 Å². The van der Waals surface area contributed by atoms with Crippen molar-refractivity contribution >= 4 is 16.9 Å². The van der Waals surface area contributed by atoms with Crippen LogP contribution in [-0.4, -0.2) is 22.9 Å². The fourth-order valence-electron chi connectivity index (χ4n) is 2.08. The predicted octanol–water partition coefficient (Wildman–Crippen LogP) is 2.86. The van der Waals surface area contributed by atoms with E-state index >= 15 is 0 Å². The van der Waals surface area contributed by atoms with E-state index in [4.69, 9.17) is 9.47 Å². The summed E-state index contributed by atoms with van der Waals surface area (Å²) in [7, 11) is 1.56. The second-order valence-electron chi connectivity index (χ2n) is 4.50. The van der Waals surface area contributed by atoms with Gasteiger partial charge in [0.25, 0.3) is 0 Å². The molecule has 3 aromatic rings. The van der Waals surface area contributed by atoms with Crippen LogP contribution in [0.4, 0.5) is 0 Å². The lowest BCUT2D eigenvalue weighted by Gasteiger charge is -2.07. The van der Waals surface area contributed by atoms with Crippen molar-refractivity contribution in [2.75, 3.05) is 7.11 Å². The Kier molecular flexibility index (Phi) is 3.55. The normalized spacial score (nSPS) is 10.5. The standard InChI is InChI=1S/C16H14N2O3/c1-20-14-7-4-6-12(9-14)16(19)21-11-18-15-8-3-2-5-13(15)10-17-18/h2-10H,11H2,1H3. The van der Waals surface area contributed by atoms with Gasteiger partial charge in [0.1, 0.15) is 5.75 Å². The molecule has 1 heterocycles. The fourth-order valence-corrected chi connectivity index (χ4v) is 2.08. The molecule has 0 bridgehead atoms. The maximum atomic E-state index is 12.0. The Labute approximate surface area is 121 Å². The molecule has 3 rings (SSSR count). The number of methoxy groups -OCH3 is 1. The topological polar surface area (TPSA) is 53.4 Å². The molecule has 5 nitrogen and oxygen atoms in total. The molecule has 5 heteroatoms. The van der Waals surface area contributed by atoms with Crippen molar-refractivity contribution in [1.29, 1.82) is 0 Å². The Balaban J connectivity index is 1.73. The lowest BCUT2D eigenvalue weighted by atomic mass is 10.2. The number of esters is 1. The van der Waals surface area contributed by atoms with Gasteiger partial charge in [-0.1, -0.05) is 24.3 Å². The predicted molar refractivity (Wildman–Crippen MR) is 78.1 cm³/mol. The van der Waals surface area contributed by atoms with E-state index in [0.717, 1.165) is 10.9 Å². The van der Waals surface area contributed by atoms with Gasteiger partial charge >= 0.3 is 5.97 Å². The zero-order valence-corrected chi connectivity index (χ0v) is 11.5. The number of hydrogen-bond acceptors (Lipinski definition) is 4. The Morgan fingerprint density at radius 1 is 1.19 bits per heavy atom. The number of fused-ring (bicyclic) bond motifs is 1. The highest BCUT2D eigenvalue weighted by Crippen LogP contribution is 2.15. The van der Waals surface area contributed by atoms with Gasteiger partial charge in [0.15, 0.2) is 6.73 Å². The van der Waals surface area contributed by atoms with Crippen molar-refractivity contribution in [3.05, 3.63) is 60.3 Å². The minimum Gasteiger partial charge on any atom is -0.497 e. The molecule has 0 aliphatic carbocycles. The second kappa shape index (κ2) is 5.66. The van der Waals surface area contributed by atoms with Crippen LogP contribution in [0.1, 0.15) is 10.4 Å². The van der Waals surface area contributed by atoms with Crippen molar-refractivity contribution in [3.63, 3.8) is 0 Å². The van der Waals surface area contributed by atoms with Crippen LogP contribution < -0.4 is 4.74 Å². The largest absolute Gasteiger partial charge is 0.497 e. The summed E-state index contributed by atoms with van der Waals surface area (Å²) in [6, 6.07) is 14.6. The van der Waals surface area contributed by atoms with Crippen LogP contribution in [0.15, 0.2) is 54.7 Å². The maximum absolute atomic E-state index is 12.0. The van der Waals surface area contributed by atoms with Crippen LogP contribution >= 0.6 is 0 Å². The van der Waals surface area contributed by atoms with Gasteiger partial charge in [-0.05, 0) is 24.3 Å². The third-order valence-electron chi connectivity index (χ3n) is 3.17. The average Bonchev–Trinajstić information content (AvgIpc) is 2.96. The molecule has 2 aromatic carbocycles. The third-order valence-corrected chi connectivity index (χ3v) is 3.17. The fraction of sp³-hybridized carbons (Fsp3) is 0.125. The van der Waals surface area contributed by atoms with Gasteiger partial charge in [0.05, 0.1) is 24.4 Å². The van der Waals surface area contributed by atoms with E-state index in [-0.39, 0.29) is 6.73 Å². The highest BCUT2D eigenvalue weighted by Gasteiger charge is 2.09. The number of nitrogens with zero attached hydrogens (tertiary/aromatic N) is 2. The van der Waals surface area contributed by atoms with Crippen LogP contribution in [0.25, 0.3) is 10.9 Å². The first-order valence-electron chi connectivity index (χ1n) is 6.49. The van der Waals surface area contributed by atoms with Crippen molar-refractivity contribution in [2.24, 2.45) is 0 Å². The Bertz CT molecular complexity index is 780. The van der Waals surface area contributed by atoms with E-state index < -0.39 is 5.97 Å². The number of rotatable bonds is 4. The zero-order chi connectivity index (χ0) is 14.7. The monoisotopic (exact) mass is 282 g/mol. The van der Waals surface area contributed by atoms with Crippen LogP contribution in [0.5, 0.6) is 5.75 Å². The summed E-state index contributed by atoms with van der Waals surface area (Å²) < 4.78 is 12.0. The summed E-state index contributed by atoms with van der Waals surface area (Å²) in [5.74, 6) is 0.211. The number of para-hydroxylation sites is 1. The first-order chi connectivity index (χ1) is 10.3. The Morgan fingerprint density at radius 3 is 2.90 bits per heavy atom. The van der Waals surface area contributed by atoms with E-state index in [1.54, 1.807) is 42.3 Å². The van der Waals surface area contributed by atoms with E-state index in [2.05, 4.69) is 5.10 Å². The molecule has 0 amide bonds. The first kappa shape index (κ1) is 13.2. The summed E-state index contributed by atoms with van der Waals surface area (Å²) in [6.45, 7) is 0.0730. The highest BCUT2D eigenvalue weighted by molar-refractivity contribution is 5.89. The van der Waals surface area contributed by atoms with Crippen LogP contribution in [0.3, 0.4) is 0 Å². The molecular weight excluding hydrogens is 268 g/mol. The molecule has 0 aliphatic rings. The van der Waals surface area contributed by atoms with E-state index in [9.17, 15) is 4.79 Å². The summed E-state index contributed by atoms with van der Waals surface area (Å²) in [5, 5.41) is 5.22. The highest BCUT2D eigenvalue weighted by atomic mass is 16.5. The number of ether oxygens (including phenoxy) is 2. The van der Waals surface area contributed by atoms with E-state index in [0.29, 0.717) is 11.3 Å². The molecule has 21 heavy (non-hydrogen) atoms. The van der Waals surface area contributed by atoms with E-state index in [1.165, 1.54) is 0 Å². The summed E-state index contributed by atoms with van der Waals surface area (Å²) in [4.78, 5) is 12.0. The Morgan fingerprint density at radius 2 is 2.05 bits per heavy atom. The van der Waals surface area contributed by atoms with Crippen molar-refractivity contribution in [3.8, 4) is 5.75 Å². The van der Waals surface area contributed by atoms with Crippen LogP contribution in [0.2, 0.25) is 0 Å². The minimum atomic E-state index is -0.409. The van der Waals surface area contributed by atoms with Crippen molar-refractivity contribution in [2.45, 2.75) is 6.73 Å². The van der Waals surface area contributed by atoms with E-state index in [1.807, 2.05) is 24.3 Å². The summed E-state index contributed by atoms with van der Waals surface area (Å²) in [5.41, 5.74) is 1.38. The molecule has 0 spiro atoms. The van der Waals surface area contributed by atoms with Crippen molar-refractivity contribution < 1.29 is 14.3 Å². The number of carbonyl (C=O) groups excluding carboxylic acids is 1. The number of carbonyl (C=O) groups is 1. The smallest absolute Gasteiger partial charge is 0.340 e. The number of benzene rings is 2. The molecule has 0 aliphatic heterocycles. The molecular formula is C16H14N2O3. The summed E-state index contributed by atoms with van der Waals surface area (Å²) >= 11 is 0. The summed E-state index contributed by atoms with van der Waals surface area (Å²) in [6.07, 6.45) is 1.74. The lowest BCUT2D eigenvalue weighted by Crippen LogP contribution is -2.10. The molecule has 0 atom stereocenters. The SMILES string of the molecule is COc1cccc(C(=O)OCn2ncc3ccccc32)c1. The van der Waals surface area contributed by atoms with Gasteiger partial charge in [0.2, 0.25) is 0 Å². The number of aromatic nitrogens is 2. The zero-order valence-electron chi connectivity index (χ0n) is 11.5. The van der Waals surface area contributed by atoms with Gasteiger partial charge in [-0.15, -0.1) is 0 Å². The molecule has 0 saturated heterocycles. The molecule has 106 valence electrons. The van der Waals surface area contributed by atoms with Crippen LogP contribution in [0, 0.1) is 0 Å². The van der Waals surface area contributed by atoms with Crippen molar-refractivity contribution in [1.82, 2.24) is 9.78 Å². The van der Waals surface area contributed by atoms with Crippen LogP contribution in [-0.2, 0) is 11.5 Å². The molecule has 1 aromatic heterocycles. The number of hydrogen-bond donors (Lipinski definition) is 0. The second-order valence-corrected chi connectivity index (χ2v) is 4.50. The third kappa shape index (κ3) is 2.72. The average molecular weight is 282 g/mol. The molecule has 0 radical (unpaired) electrons. The van der Waals surface area contributed by atoms with Gasteiger partial charge in [0, 0.05) is 5.39 Å². The molecule has 0 fully saturated rings. The molecule has 0 N–H and O–H groups in total. The molecule has 0 unspecified atom stereocenters.